The maximum Gasteiger partial charge on any atom is 0.192 e. The van der Waals surface area contributed by atoms with Crippen LogP contribution >= 0.6 is 24.2 Å². The first-order chi connectivity index (χ1) is 8.69. The van der Waals surface area contributed by atoms with Gasteiger partial charge in [-0.2, -0.15) is 0 Å². The first-order valence-corrected chi connectivity index (χ1v) is 7.03. The lowest BCUT2D eigenvalue weighted by molar-refractivity contribution is 0.414. The maximum atomic E-state index is 5.83. The first-order valence-electron chi connectivity index (χ1n) is 5.98. The molecule has 1 atom stereocenters. The largest absolute Gasteiger partial charge is 0.497 e. The van der Waals surface area contributed by atoms with Crippen molar-refractivity contribution in [1.82, 2.24) is 4.90 Å². The van der Waals surface area contributed by atoms with E-state index >= 15 is 0 Å². The van der Waals surface area contributed by atoms with Gasteiger partial charge < -0.3 is 15.4 Å². The fraction of sp³-hybridized carbons (Fsp3) is 0.462. The minimum absolute atomic E-state index is 0. The molecule has 2 N–H and O–H groups in total. The molecular weight excluding hydrogens is 282 g/mol. The van der Waals surface area contributed by atoms with Crippen molar-refractivity contribution in [2.45, 2.75) is 17.5 Å². The highest BCUT2D eigenvalue weighted by Crippen LogP contribution is 2.25. The Kier molecular flexibility index (Phi) is 6.31. The molecule has 0 aliphatic carbocycles. The Morgan fingerprint density at radius 3 is 3.00 bits per heavy atom. The van der Waals surface area contributed by atoms with Gasteiger partial charge >= 0.3 is 0 Å². The SMILES string of the molecule is COc1cccc(CSC2CCN(C)C(N)=N2)c1.Cl. The van der Waals surface area contributed by atoms with Crippen molar-refractivity contribution in [2.24, 2.45) is 10.7 Å². The number of nitrogens with zero attached hydrogens (tertiary/aromatic N) is 2. The topological polar surface area (TPSA) is 50.9 Å². The number of halogens is 1. The summed E-state index contributed by atoms with van der Waals surface area (Å²) in [6.07, 6.45) is 1.05. The van der Waals surface area contributed by atoms with E-state index in [9.17, 15) is 0 Å². The van der Waals surface area contributed by atoms with Gasteiger partial charge in [-0.1, -0.05) is 12.1 Å². The number of hydrogen-bond acceptors (Lipinski definition) is 5. The summed E-state index contributed by atoms with van der Waals surface area (Å²) in [6.45, 7) is 0.977. The van der Waals surface area contributed by atoms with Crippen LogP contribution in [0.5, 0.6) is 5.75 Å². The summed E-state index contributed by atoms with van der Waals surface area (Å²) in [5.41, 5.74) is 7.08. The lowest BCUT2D eigenvalue weighted by atomic mass is 10.2. The number of methoxy groups -OCH3 is 1. The molecule has 106 valence electrons. The Hall–Kier alpha value is -1.07. The normalized spacial score (nSPS) is 18.5. The van der Waals surface area contributed by atoms with Gasteiger partial charge in [-0.15, -0.1) is 24.2 Å². The number of nitrogens with two attached hydrogens (primary N) is 1. The number of hydrogen-bond donors (Lipinski definition) is 1. The smallest absolute Gasteiger partial charge is 0.192 e. The van der Waals surface area contributed by atoms with Gasteiger partial charge in [0.2, 0.25) is 0 Å². The quantitative estimate of drug-likeness (QED) is 0.927. The Bertz CT molecular complexity index is 442. The van der Waals surface area contributed by atoms with Crippen LogP contribution in [0.3, 0.4) is 0 Å². The second-order valence-electron chi connectivity index (χ2n) is 4.31. The van der Waals surface area contributed by atoms with Crippen LogP contribution in [0.2, 0.25) is 0 Å². The zero-order chi connectivity index (χ0) is 13.0. The van der Waals surface area contributed by atoms with Crippen molar-refractivity contribution in [3.05, 3.63) is 29.8 Å². The Labute approximate surface area is 124 Å². The van der Waals surface area contributed by atoms with E-state index in [0.717, 1.165) is 24.5 Å². The van der Waals surface area contributed by atoms with Crippen LogP contribution in [0.15, 0.2) is 29.3 Å². The van der Waals surface area contributed by atoms with Gasteiger partial charge in [0.25, 0.3) is 0 Å². The van der Waals surface area contributed by atoms with Crippen molar-refractivity contribution < 1.29 is 4.74 Å². The lowest BCUT2D eigenvalue weighted by Crippen LogP contribution is -2.40. The van der Waals surface area contributed by atoms with Crippen LogP contribution in [0.25, 0.3) is 0 Å². The molecule has 2 rings (SSSR count). The lowest BCUT2D eigenvalue weighted by Gasteiger charge is -2.26. The monoisotopic (exact) mass is 301 g/mol. The van der Waals surface area contributed by atoms with Crippen LogP contribution in [-0.4, -0.2) is 36.9 Å². The molecule has 1 unspecified atom stereocenters. The van der Waals surface area contributed by atoms with Crippen LogP contribution in [0, 0.1) is 0 Å². The molecule has 1 aliphatic heterocycles. The minimum atomic E-state index is 0. The number of ether oxygens (including phenoxy) is 1. The highest BCUT2D eigenvalue weighted by atomic mass is 35.5. The summed E-state index contributed by atoms with van der Waals surface area (Å²) < 4.78 is 5.21. The van der Waals surface area contributed by atoms with Gasteiger partial charge in [-0.3, -0.25) is 0 Å². The Morgan fingerprint density at radius 1 is 1.53 bits per heavy atom. The molecular formula is C13H20ClN3OS. The molecule has 0 bridgehead atoms. The van der Waals surface area contributed by atoms with E-state index in [1.54, 1.807) is 7.11 Å². The Morgan fingerprint density at radius 2 is 2.32 bits per heavy atom. The molecule has 6 heteroatoms. The molecule has 0 saturated carbocycles. The second kappa shape index (κ2) is 7.50. The summed E-state index contributed by atoms with van der Waals surface area (Å²) >= 11 is 1.83. The standard InChI is InChI=1S/C13H19N3OS.ClH/c1-16-7-6-12(15-13(16)14)18-9-10-4-3-5-11(8-10)17-2;/h3-5,8,12H,6-7,9H2,1-2H3,(H2,14,15);1H. The van der Waals surface area contributed by atoms with Crippen LogP contribution in [0.4, 0.5) is 0 Å². The summed E-state index contributed by atoms with van der Waals surface area (Å²) in [5.74, 6) is 2.48. The first kappa shape index (κ1) is 16.0. The van der Waals surface area contributed by atoms with E-state index in [2.05, 4.69) is 17.1 Å². The van der Waals surface area contributed by atoms with Gasteiger partial charge in [-0.05, 0) is 24.1 Å². The van der Waals surface area contributed by atoms with Crippen molar-refractivity contribution in [1.29, 1.82) is 0 Å². The number of rotatable bonds is 4. The molecule has 0 aromatic heterocycles. The fourth-order valence-electron chi connectivity index (χ4n) is 1.80. The zero-order valence-corrected chi connectivity index (χ0v) is 12.8. The number of thioether (sulfide) groups is 1. The van der Waals surface area contributed by atoms with Crippen molar-refractivity contribution in [3.63, 3.8) is 0 Å². The molecule has 1 heterocycles. The predicted octanol–water partition coefficient (Wildman–Crippen LogP) is 2.33. The van der Waals surface area contributed by atoms with Crippen molar-refractivity contribution in [2.75, 3.05) is 20.7 Å². The van der Waals surface area contributed by atoms with Gasteiger partial charge in [0.15, 0.2) is 5.96 Å². The van der Waals surface area contributed by atoms with Crippen LogP contribution in [-0.2, 0) is 5.75 Å². The third kappa shape index (κ3) is 4.51. The fourth-order valence-corrected chi connectivity index (χ4v) is 2.82. The second-order valence-corrected chi connectivity index (χ2v) is 5.48. The van der Waals surface area contributed by atoms with E-state index < -0.39 is 0 Å². The Balaban J connectivity index is 0.00000180. The average molecular weight is 302 g/mol. The molecule has 0 amide bonds. The molecule has 1 aliphatic rings. The van der Waals surface area contributed by atoms with Crippen molar-refractivity contribution >= 4 is 30.1 Å². The molecule has 4 nitrogen and oxygen atoms in total. The van der Waals surface area contributed by atoms with Crippen LogP contribution < -0.4 is 10.5 Å². The highest BCUT2D eigenvalue weighted by Gasteiger charge is 2.16. The third-order valence-electron chi connectivity index (χ3n) is 2.96. The molecule has 1 aromatic rings. The van der Waals surface area contributed by atoms with Crippen molar-refractivity contribution in [3.8, 4) is 5.75 Å². The van der Waals surface area contributed by atoms with Gasteiger partial charge in [-0.25, -0.2) is 4.99 Å². The van der Waals surface area contributed by atoms with Gasteiger partial charge in [0, 0.05) is 19.3 Å². The molecule has 0 fully saturated rings. The van der Waals surface area contributed by atoms with Gasteiger partial charge in [0.05, 0.1) is 7.11 Å². The highest BCUT2D eigenvalue weighted by molar-refractivity contribution is 7.99. The molecule has 0 radical (unpaired) electrons. The average Bonchev–Trinajstić information content (AvgIpc) is 2.40. The van der Waals surface area contributed by atoms with E-state index in [1.807, 2.05) is 35.8 Å². The summed E-state index contributed by atoms with van der Waals surface area (Å²) in [7, 11) is 3.66. The number of aliphatic imine (C=N–C) groups is 1. The third-order valence-corrected chi connectivity index (χ3v) is 4.18. The molecule has 0 spiro atoms. The van der Waals surface area contributed by atoms with E-state index in [4.69, 9.17) is 10.5 Å². The molecule has 1 aromatic carbocycles. The van der Waals surface area contributed by atoms with Gasteiger partial charge in [0.1, 0.15) is 11.1 Å². The summed E-state index contributed by atoms with van der Waals surface area (Å²) in [6, 6.07) is 8.15. The number of guanidine groups is 1. The number of benzene rings is 1. The zero-order valence-electron chi connectivity index (χ0n) is 11.2. The minimum Gasteiger partial charge on any atom is -0.497 e. The molecule has 19 heavy (non-hydrogen) atoms. The maximum absolute atomic E-state index is 5.83. The van der Waals surface area contributed by atoms with E-state index in [-0.39, 0.29) is 17.8 Å². The van der Waals surface area contributed by atoms with E-state index in [1.165, 1.54) is 5.56 Å². The summed E-state index contributed by atoms with van der Waals surface area (Å²) in [5, 5.41) is 0.271. The molecule has 0 saturated heterocycles. The van der Waals surface area contributed by atoms with E-state index in [0.29, 0.717) is 5.96 Å². The predicted molar refractivity (Wildman–Crippen MR) is 84.2 cm³/mol. The summed E-state index contributed by atoms with van der Waals surface area (Å²) in [4.78, 5) is 6.46. The van der Waals surface area contributed by atoms with Crippen LogP contribution in [0.1, 0.15) is 12.0 Å².